The van der Waals surface area contributed by atoms with Crippen LogP contribution in [-0.2, 0) is 102 Å². The van der Waals surface area contributed by atoms with Crippen LogP contribution < -0.4 is 43.0 Å². The van der Waals surface area contributed by atoms with Crippen LogP contribution in [0.1, 0.15) is 111 Å². The average Bonchev–Trinajstić information content (AvgIpc) is 1.71. The first kappa shape index (κ1) is 95.5. The van der Waals surface area contributed by atoms with Crippen molar-refractivity contribution in [1.29, 1.82) is 0 Å². The number of ether oxygens (including phenoxy) is 7. The molecule has 0 bridgehead atoms. The molecule has 1 unspecified atom stereocenters. The van der Waals surface area contributed by atoms with Crippen molar-refractivity contribution in [3.05, 3.63) is 82.9 Å². The van der Waals surface area contributed by atoms with Crippen molar-refractivity contribution in [2.24, 2.45) is 29.4 Å². The number of primary amides is 1. The van der Waals surface area contributed by atoms with E-state index < -0.39 is 183 Å². The molecule has 0 radical (unpaired) electrons. The molecule has 0 aromatic heterocycles. The number of alkyl halides is 2. The van der Waals surface area contributed by atoms with Gasteiger partial charge in [-0.2, -0.15) is 0 Å². The zero-order valence-electron chi connectivity index (χ0n) is 65.9. The maximum Gasteiger partial charge on any atom is 0.258 e. The van der Waals surface area contributed by atoms with E-state index in [4.69, 9.17) is 38.9 Å². The summed E-state index contributed by atoms with van der Waals surface area (Å²) in [5.41, 5.74) is 6.76. The Morgan fingerprint density at radius 1 is 0.640 bits per heavy atom. The number of aliphatic hydroxyl groups excluding tert-OH is 1. The number of carbonyl (C=O) groups excluding carboxylic acids is 13. The van der Waals surface area contributed by atoms with Crippen molar-refractivity contribution >= 4 is 109 Å². The van der Waals surface area contributed by atoms with E-state index in [1.165, 1.54) is 31.1 Å². The number of hydrogen-bond donors (Lipinski definition) is 9. The van der Waals surface area contributed by atoms with Crippen LogP contribution >= 0.6 is 31.9 Å². The van der Waals surface area contributed by atoms with Crippen molar-refractivity contribution in [3.63, 3.8) is 0 Å². The second-order valence-corrected chi connectivity index (χ2v) is 29.2. The smallest absolute Gasteiger partial charge is 0.258 e. The number of likely N-dealkylation sites (N-methyl/N-ethyl adjacent to an activating group) is 2. The Hall–Kier alpha value is -7.87. The molecule has 12 atom stereocenters. The zero-order chi connectivity index (χ0) is 82.4. The number of nitrogens with one attached hydrogen (secondary N) is 7. The topological polar surface area (TPSA) is 430 Å². The quantitative estimate of drug-likeness (QED) is 0.0194. The lowest BCUT2D eigenvalue weighted by atomic mass is 9.89. The predicted molar refractivity (Wildman–Crippen MR) is 415 cm³/mol. The highest BCUT2D eigenvalue weighted by molar-refractivity contribution is 9.09. The summed E-state index contributed by atoms with van der Waals surface area (Å²) in [6.07, 6.45) is -1.12. The van der Waals surface area contributed by atoms with E-state index >= 15 is 0 Å². The molecule has 0 saturated carbocycles. The molecule has 10 N–H and O–H groups in total. The van der Waals surface area contributed by atoms with Gasteiger partial charge in [0, 0.05) is 75.9 Å². The van der Waals surface area contributed by atoms with Gasteiger partial charge < -0.3 is 95.9 Å². The van der Waals surface area contributed by atoms with Gasteiger partial charge in [0.15, 0.2) is 0 Å². The van der Waals surface area contributed by atoms with Crippen LogP contribution in [0.4, 0.5) is 0 Å². The van der Waals surface area contributed by atoms with Gasteiger partial charge in [0.2, 0.25) is 65.0 Å². The minimum absolute atomic E-state index is 0.0143. The van der Waals surface area contributed by atoms with Crippen molar-refractivity contribution in [2.75, 3.05) is 131 Å². The summed E-state index contributed by atoms with van der Waals surface area (Å²) in [5, 5.41) is 29.6. The molecule has 1 saturated heterocycles. The molecular weight excluding hydrogens is 1580 g/mol. The third kappa shape index (κ3) is 31.2. The number of aliphatic hydroxyl groups is 1. The van der Waals surface area contributed by atoms with Crippen LogP contribution in [0, 0.1) is 23.7 Å². The maximum absolute atomic E-state index is 14.8. The molecule has 0 aliphatic carbocycles. The summed E-state index contributed by atoms with van der Waals surface area (Å²) >= 11 is 6.43. The van der Waals surface area contributed by atoms with E-state index in [0.29, 0.717) is 36.9 Å². The van der Waals surface area contributed by atoms with Crippen LogP contribution in [0.15, 0.2) is 71.8 Å². The number of nitrogens with zero attached hydrogens (tertiary/aromatic N) is 4. The number of hydrogen-bond acceptors (Lipinski definition) is 21. The fourth-order valence-corrected chi connectivity index (χ4v) is 14.1. The molecule has 1 fully saturated rings. The molecule has 33 nitrogen and oxygen atoms in total. The predicted octanol–water partition coefficient (Wildman–Crippen LogP) is 1.09. The Morgan fingerprint density at radius 3 is 1.78 bits per heavy atom. The standard InChI is InChI=1S/C76H116Br2N12O21/c1-13-48(6)68(58(105-11)37-64(96)89-27-20-25-57(89)70(106-12)49(7)71(99)83-50(8)69(98)52-23-18-15-19-24-52)88(10)76(104)66(46(2)3)86-73(101)67(47(4)5)87(9)65(97)44-111-45-82-61(93)40-81-72(100)56(35-51-21-16-14-17-22-51)85-62(94)41-80-60(92)36-53(43-110-34-33-109-32-31-108-30-29-107-28-26-59(79)91)84-63(95)42-90-74(102)54(38-77)55(39-78)75(90)103/h14-19,21-24,46-50,53,56-58,66-70,98H,13,20,25-45H2,1-12H3,(H2,79,91)(H,80,92)(H,81,100)(H,82,93)(H,83,99)(H,84,95)(H,85,94)(H,86,101)/t48-,49+,50+,53?,56-,57-,58+,66-,67-,68-,69+,70+/m0/s1. The highest BCUT2D eigenvalue weighted by Gasteiger charge is 2.45. The molecule has 2 aliphatic rings. The monoisotopic (exact) mass is 1690 g/mol. The van der Waals surface area contributed by atoms with Crippen molar-refractivity contribution in [3.8, 4) is 0 Å². The second kappa shape index (κ2) is 50.3. The minimum atomic E-state index is -1.27. The van der Waals surface area contributed by atoms with Gasteiger partial charge in [-0.25, -0.2) is 0 Å². The summed E-state index contributed by atoms with van der Waals surface area (Å²) < 4.78 is 39.5. The molecule has 35 heteroatoms. The Balaban J connectivity index is 1.31. The van der Waals surface area contributed by atoms with Crippen molar-refractivity contribution < 1.29 is 101 Å². The summed E-state index contributed by atoms with van der Waals surface area (Å²) in [6, 6.07) is 11.4. The first-order chi connectivity index (χ1) is 52.8. The lowest BCUT2D eigenvalue weighted by Crippen LogP contribution is -2.60. The number of methoxy groups -OCH3 is 2. The Labute approximate surface area is 667 Å². The third-order valence-electron chi connectivity index (χ3n) is 19.2. The lowest BCUT2D eigenvalue weighted by Gasteiger charge is -2.41. The Morgan fingerprint density at radius 2 is 1.23 bits per heavy atom. The zero-order valence-corrected chi connectivity index (χ0v) is 69.0. The van der Waals surface area contributed by atoms with E-state index in [-0.39, 0.29) is 112 Å². The Kier molecular flexibility index (Phi) is 43.3. The molecule has 2 aliphatic heterocycles. The molecule has 2 aromatic carbocycles. The number of carbonyl (C=O) groups is 13. The highest BCUT2D eigenvalue weighted by atomic mass is 79.9. The molecule has 620 valence electrons. The minimum Gasteiger partial charge on any atom is -0.386 e. The summed E-state index contributed by atoms with van der Waals surface area (Å²) in [7, 11) is 6.01. The largest absolute Gasteiger partial charge is 0.386 e. The van der Waals surface area contributed by atoms with Gasteiger partial charge in [-0.15, -0.1) is 0 Å². The van der Waals surface area contributed by atoms with Crippen molar-refractivity contribution in [1.82, 2.24) is 56.8 Å². The fourth-order valence-electron chi connectivity index (χ4n) is 13.0. The molecule has 0 spiro atoms. The molecule has 2 aromatic rings. The van der Waals surface area contributed by atoms with Gasteiger partial charge in [-0.05, 0) is 48.6 Å². The number of imide groups is 1. The Bertz CT molecular complexity index is 3370. The van der Waals surface area contributed by atoms with Gasteiger partial charge in [0.25, 0.3) is 11.8 Å². The number of halogens is 2. The van der Waals surface area contributed by atoms with E-state index in [1.807, 2.05) is 19.9 Å². The molecular formula is C76H116Br2N12O21. The third-order valence-corrected chi connectivity index (χ3v) is 20.4. The van der Waals surface area contributed by atoms with Crippen molar-refractivity contribution in [2.45, 2.75) is 161 Å². The average molecular weight is 1690 g/mol. The number of benzene rings is 2. The van der Waals surface area contributed by atoms with E-state index in [9.17, 15) is 67.4 Å². The van der Waals surface area contributed by atoms with E-state index in [2.05, 4.69) is 69.1 Å². The van der Waals surface area contributed by atoms with Gasteiger partial charge >= 0.3 is 0 Å². The maximum atomic E-state index is 14.8. The number of nitrogens with two attached hydrogens (primary N) is 1. The SMILES string of the molecule is CC[C@H](C)[C@@H]([C@@H](CC(=O)N1CCC[C@H]1[C@H](OC)[C@@H](C)C(=O)N[C@H](C)[C@@H](O)c1ccccc1)OC)N(C)C(=O)[C@@H](NC(=O)[C@H](C(C)C)N(C)C(=O)COCNC(=O)CNC(=O)[C@H](Cc1ccccc1)NC(=O)CNC(=O)CC(COCCOCCOCCOCCC(N)=O)NC(=O)CN1C(=O)C(CBr)=C(CBr)C1=O)C(C)C. The number of rotatable bonds is 53. The fraction of sp³-hybridized carbons (Fsp3) is 0.645. The van der Waals surface area contributed by atoms with Gasteiger partial charge in [-0.3, -0.25) is 67.2 Å². The van der Waals surface area contributed by atoms with Gasteiger partial charge in [-0.1, -0.05) is 147 Å². The molecule has 2 heterocycles. The summed E-state index contributed by atoms with van der Waals surface area (Å²) in [6.45, 7) is 12.8. The number of amides is 13. The highest BCUT2D eigenvalue weighted by Crippen LogP contribution is 2.31. The summed E-state index contributed by atoms with van der Waals surface area (Å²) in [5.74, 6) is -9.78. The van der Waals surface area contributed by atoms with Gasteiger partial charge in [0.05, 0.1) is 121 Å². The molecule has 13 amide bonds. The van der Waals surface area contributed by atoms with Crippen LogP contribution in [0.25, 0.3) is 0 Å². The first-order valence-corrected chi connectivity index (χ1v) is 39.6. The first-order valence-electron chi connectivity index (χ1n) is 37.4. The molecule has 111 heavy (non-hydrogen) atoms. The van der Waals surface area contributed by atoms with E-state index in [0.717, 1.165) is 4.90 Å². The molecule has 4 rings (SSSR count). The van der Waals surface area contributed by atoms with Crippen LogP contribution in [0.2, 0.25) is 0 Å². The van der Waals surface area contributed by atoms with Crippen LogP contribution in [-0.4, -0.2) is 287 Å². The normalized spacial score (nSPS) is 16.6. The van der Waals surface area contributed by atoms with Crippen LogP contribution in [0.5, 0.6) is 0 Å². The van der Waals surface area contributed by atoms with E-state index in [1.54, 1.807) is 108 Å². The second-order valence-electron chi connectivity index (χ2n) is 28.1. The summed E-state index contributed by atoms with van der Waals surface area (Å²) in [4.78, 5) is 180. The lowest BCUT2D eigenvalue weighted by molar-refractivity contribution is -0.149. The van der Waals surface area contributed by atoms with Gasteiger partial charge in [0.1, 0.15) is 38.0 Å². The number of likely N-dealkylation sites (tertiary alicyclic amines) is 1. The van der Waals surface area contributed by atoms with Crippen LogP contribution in [0.3, 0.4) is 0 Å².